The Morgan fingerprint density at radius 3 is 2.49 bits per heavy atom. The summed E-state index contributed by atoms with van der Waals surface area (Å²) in [6.07, 6.45) is 2.00. The third-order valence-corrected chi connectivity index (χ3v) is 7.45. The number of nitrogens with one attached hydrogen (secondary N) is 1. The molecule has 6 nitrogen and oxygen atoms in total. The Morgan fingerprint density at radius 1 is 1.17 bits per heavy atom. The third-order valence-electron chi connectivity index (χ3n) is 5.66. The van der Waals surface area contributed by atoms with Gasteiger partial charge in [-0.05, 0) is 59.9 Å². The standard InChI is InChI=1S/C27H24BrN3O3S/c1-17(2)19-7-11-21(12-8-19)31-26(33)24(14-18-5-9-20(28)10-6-18)35-27(31)23(15-29)25(32)30-16-22-4-3-13-34-22/h3-13,17,24H,14,16H2,1-2H3,(H,30,32)/b27-23-. The Kier molecular flexibility index (Phi) is 7.79. The molecular weight excluding hydrogens is 526 g/mol. The summed E-state index contributed by atoms with van der Waals surface area (Å²) in [7, 11) is 0. The molecular formula is C27H24BrN3O3S. The van der Waals surface area contributed by atoms with Crippen molar-refractivity contribution in [3.8, 4) is 6.07 Å². The lowest BCUT2D eigenvalue weighted by molar-refractivity contribution is -0.117. The molecule has 1 atom stereocenters. The third kappa shape index (κ3) is 5.69. The SMILES string of the molecule is CC(C)c1ccc(N2C(=O)C(Cc3ccc(Br)cc3)S/C2=C(/C#N)C(=O)NCc2ccco2)cc1. The van der Waals surface area contributed by atoms with E-state index in [1.165, 1.54) is 22.9 Å². The van der Waals surface area contributed by atoms with Crippen molar-refractivity contribution in [2.75, 3.05) is 4.90 Å². The highest BCUT2D eigenvalue weighted by Crippen LogP contribution is 2.42. The van der Waals surface area contributed by atoms with Gasteiger partial charge in [0.05, 0.1) is 18.1 Å². The maximum Gasteiger partial charge on any atom is 0.265 e. The van der Waals surface area contributed by atoms with Gasteiger partial charge in [0.25, 0.3) is 5.91 Å². The van der Waals surface area contributed by atoms with E-state index in [1.54, 1.807) is 12.1 Å². The lowest BCUT2D eigenvalue weighted by Gasteiger charge is -2.19. The van der Waals surface area contributed by atoms with Gasteiger partial charge in [-0.1, -0.05) is 65.8 Å². The molecule has 1 N–H and O–H groups in total. The normalized spacial score (nSPS) is 16.9. The van der Waals surface area contributed by atoms with E-state index >= 15 is 0 Å². The number of amides is 2. The van der Waals surface area contributed by atoms with E-state index in [0.29, 0.717) is 28.8 Å². The first-order valence-corrected chi connectivity index (χ1v) is 12.8. The van der Waals surface area contributed by atoms with Crippen LogP contribution in [0.15, 0.2) is 86.4 Å². The van der Waals surface area contributed by atoms with Crippen LogP contribution in [0.2, 0.25) is 0 Å². The number of nitriles is 1. The molecule has 8 heteroatoms. The van der Waals surface area contributed by atoms with Crippen molar-refractivity contribution in [1.29, 1.82) is 5.26 Å². The molecule has 1 aliphatic rings. The van der Waals surface area contributed by atoms with Gasteiger partial charge in [-0.2, -0.15) is 5.26 Å². The number of thioether (sulfide) groups is 1. The van der Waals surface area contributed by atoms with Gasteiger partial charge < -0.3 is 9.73 Å². The van der Waals surface area contributed by atoms with Crippen LogP contribution in [-0.2, 0) is 22.6 Å². The molecule has 1 aliphatic heterocycles. The van der Waals surface area contributed by atoms with Crippen LogP contribution < -0.4 is 10.2 Å². The molecule has 0 bridgehead atoms. The summed E-state index contributed by atoms with van der Waals surface area (Å²) >= 11 is 4.69. The Hall–Kier alpha value is -3.28. The largest absolute Gasteiger partial charge is 0.467 e. The van der Waals surface area contributed by atoms with E-state index in [1.807, 2.05) is 54.6 Å². The molecule has 1 fully saturated rings. The smallest absolute Gasteiger partial charge is 0.265 e. The van der Waals surface area contributed by atoms with Gasteiger partial charge in [0.1, 0.15) is 22.4 Å². The number of hydrogen-bond donors (Lipinski definition) is 1. The van der Waals surface area contributed by atoms with Crippen LogP contribution in [0.25, 0.3) is 0 Å². The van der Waals surface area contributed by atoms with Gasteiger partial charge in [-0.3, -0.25) is 14.5 Å². The summed E-state index contributed by atoms with van der Waals surface area (Å²) in [6.45, 7) is 4.35. The second kappa shape index (κ2) is 11.0. The molecule has 2 amide bonds. The van der Waals surface area contributed by atoms with E-state index in [0.717, 1.165) is 15.6 Å². The number of carbonyl (C=O) groups excluding carboxylic acids is 2. The van der Waals surface area contributed by atoms with Crippen LogP contribution in [-0.4, -0.2) is 17.1 Å². The van der Waals surface area contributed by atoms with Crippen molar-refractivity contribution >= 4 is 45.2 Å². The van der Waals surface area contributed by atoms with E-state index in [-0.39, 0.29) is 18.0 Å². The second-order valence-electron chi connectivity index (χ2n) is 8.41. The summed E-state index contributed by atoms with van der Waals surface area (Å²) in [5, 5.41) is 12.5. The number of furan rings is 1. The van der Waals surface area contributed by atoms with Crippen molar-refractivity contribution in [3.05, 3.63) is 98.9 Å². The van der Waals surface area contributed by atoms with Gasteiger partial charge in [-0.15, -0.1) is 0 Å². The summed E-state index contributed by atoms with van der Waals surface area (Å²) in [5.74, 6) is 0.212. The van der Waals surface area contributed by atoms with Gasteiger partial charge >= 0.3 is 0 Å². The molecule has 0 radical (unpaired) electrons. The summed E-state index contributed by atoms with van der Waals surface area (Å²) in [6, 6.07) is 21.0. The van der Waals surface area contributed by atoms with Crippen molar-refractivity contribution in [3.63, 3.8) is 0 Å². The minimum absolute atomic E-state index is 0.0962. The zero-order chi connectivity index (χ0) is 24.9. The minimum atomic E-state index is -0.549. The zero-order valence-electron chi connectivity index (χ0n) is 19.3. The quantitative estimate of drug-likeness (QED) is 0.292. The van der Waals surface area contributed by atoms with Crippen LogP contribution in [0.3, 0.4) is 0 Å². The van der Waals surface area contributed by atoms with Crippen LogP contribution >= 0.6 is 27.7 Å². The number of benzene rings is 2. The topological polar surface area (TPSA) is 86.3 Å². The monoisotopic (exact) mass is 549 g/mol. The molecule has 2 heterocycles. The average Bonchev–Trinajstić information content (AvgIpc) is 3.48. The fraction of sp³-hybridized carbons (Fsp3) is 0.222. The van der Waals surface area contributed by atoms with Crippen molar-refractivity contribution in [2.45, 2.75) is 38.0 Å². The molecule has 4 rings (SSSR count). The number of hydrogen-bond acceptors (Lipinski definition) is 5. The fourth-order valence-electron chi connectivity index (χ4n) is 3.73. The summed E-state index contributed by atoms with van der Waals surface area (Å²) in [5.41, 5.74) is 2.67. The number of anilines is 1. The number of rotatable bonds is 7. The highest BCUT2D eigenvalue weighted by atomic mass is 79.9. The average molecular weight is 550 g/mol. The van der Waals surface area contributed by atoms with E-state index < -0.39 is 11.2 Å². The fourth-order valence-corrected chi connectivity index (χ4v) is 5.31. The molecule has 1 unspecified atom stereocenters. The number of nitrogens with zero attached hydrogens (tertiary/aromatic N) is 2. The maximum absolute atomic E-state index is 13.6. The lowest BCUT2D eigenvalue weighted by atomic mass is 10.0. The number of carbonyl (C=O) groups is 2. The van der Waals surface area contributed by atoms with Gasteiger partial charge in [0.15, 0.2) is 0 Å². The second-order valence-corrected chi connectivity index (χ2v) is 10.5. The van der Waals surface area contributed by atoms with Crippen molar-refractivity contribution in [1.82, 2.24) is 5.32 Å². The summed E-state index contributed by atoms with van der Waals surface area (Å²) < 4.78 is 6.22. The highest BCUT2D eigenvalue weighted by Gasteiger charge is 2.40. The molecule has 0 saturated carbocycles. The van der Waals surface area contributed by atoms with Crippen molar-refractivity contribution in [2.24, 2.45) is 0 Å². The van der Waals surface area contributed by atoms with Crippen molar-refractivity contribution < 1.29 is 14.0 Å². The van der Waals surface area contributed by atoms with Gasteiger partial charge in [-0.25, -0.2) is 0 Å². The van der Waals surface area contributed by atoms with Crippen LogP contribution in [0.1, 0.15) is 36.7 Å². The lowest BCUT2D eigenvalue weighted by Crippen LogP contribution is -2.32. The first kappa shape index (κ1) is 24.8. The molecule has 3 aromatic rings. The predicted molar refractivity (Wildman–Crippen MR) is 140 cm³/mol. The van der Waals surface area contributed by atoms with E-state index in [4.69, 9.17) is 4.42 Å². The molecule has 0 spiro atoms. The Balaban J connectivity index is 1.68. The Morgan fingerprint density at radius 2 is 1.89 bits per heavy atom. The molecule has 2 aromatic carbocycles. The Labute approximate surface area is 217 Å². The van der Waals surface area contributed by atoms with Crippen LogP contribution in [0, 0.1) is 11.3 Å². The zero-order valence-corrected chi connectivity index (χ0v) is 21.7. The Bertz CT molecular complexity index is 1280. The molecule has 1 saturated heterocycles. The predicted octanol–water partition coefficient (Wildman–Crippen LogP) is 5.91. The first-order valence-electron chi connectivity index (χ1n) is 11.2. The molecule has 35 heavy (non-hydrogen) atoms. The van der Waals surface area contributed by atoms with E-state index in [2.05, 4.69) is 35.1 Å². The van der Waals surface area contributed by atoms with Crippen LogP contribution in [0.5, 0.6) is 0 Å². The first-order chi connectivity index (χ1) is 16.9. The van der Waals surface area contributed by atoms with Gasteiger partial charge in [0.2, 0.25) is 5.91 Å². The van der Waals surface area contributed by atoms with E-state index in [9.17, 15) is 14.9 Å². The van der Waals surface area contributed by atoms with Gasteiger partial charge in [0, 0.05) is 10.2 Å². The maximum atomic E-state index is 13.6. The number of halogens is 1. The summed E-state index contributed by atoms with van der Waals surface area (Å²) in [4.78, 5) is 28.1. The molecule has 0 aliphatic carbocycles. The molecule has 178 valence electrons. The van der Waals surface area contributed by atoms with Crippen LogP contribution in [0.4, 0.5) is 5.69 Å². The highest BCUT2D eigenvalue weighted by molar-refractivity contribution is 9.10. The molecule has 1 aromatic heterocycles. The minimum Gasteiger partial charge on any atom is -0.467 e.